The van der Waals surface area contributed by atoms with E-state index in [1.54, 1.807) is 48.5 Å². The second-order valence-corrected chi connectivity index (χ2v) is 11.6. The summed E-state index contributed by atoms with van der Waals surface area (Å²) >= 11 is 2.12. The number of ether oxygens (including phenoxy) is 1. The highest BCUT2D eigenvalue weighted by Gasteiger charge is 2.79. The minimum absolute atomic E-state index is 0.113. The van der Waals surface area contributed by atoms with Crippen LogP contribution in [0.3, 0.4) is 0 Å². The van der Waals surface area contributed by atoms with Gasteiger partial charge in [-0.2, -0.15) is 0 Å². The Hall–Kier alpha value is -4.35. The van der Waals surface area contributed by atoms with Gasteiger partial charge in [0.15, 0.2) is 11.6 Å². The average molecular weight is 655 g/mol. The third kappa shape index (κ3) is 3.18. The predicted molar refractivity (Wildman–Crippen MR) is 154 cm³/mol. The molecule has 0 saturated carbocycles. The van der Waals surface area contributed by atoms with Gasteiger partial charge < -0.3 is 4.74 Å². The van der Waals surface area contributed by atoms with Crippen LogP contribution in [-0.2, 0) is 4.74 Å². The topological polar surface area (TPSA) is 121 Å². The number of hydrogen-bond acceptors (Lipinski definition) is 7. The van der Waals surface area contributed by atoms with E-state index in [9.17, 15) is 29.3 Å². The van der Waals surface area contributed by atoms with Gasteiger partial charge in [-0.3, -0.25) is 29.3 Å². The number of Topliss-reactive ketones (excluding diaryl/α,β-unsaturated/α-hetero) is 4. The molecule has 1 fully saturated rings. The number of hydrogen-bond donors (Lipinski definition) is 0. The van der Waals surface area contributed by atoms with Gasteiger partial charge in [-0.05, 0) is 45.9 Å². The first-order valence-electron chi connectivity index (χ1n) is 12.8. The Morgan fingerprint density at radius 3 is 1.68 bits per heavy atom. The zero-order chi connectivity index (χ0) is 28.7. The molecule has 41 heavy (non-hydrogen) atoms. The molecule has 4 aromatic carbocycles. The molecule has 0 aromatic heterocycles. The molecule has 1 saturated heterocycles. The van der Waals surface area contributed by atoms with E-state index in [4.69, 9.17) is 4.74 Å². The molecule has 2 spiro atoms. The summed E-state index contributed by atoms with van der Waals surface area (Å²) in [5.41, 5.74) is -3.61. The van der Waals surface area contributed by atoms with E-state index in [0.717, 1.165) is 3.57 Å². The van der Waals surface area contributed by atoms with Crippen molar-refractivity contribution < 1.29 is 28.8 Å². The number of benzene rings is 4. The first-order chi connectivity index (χ1) is 19.7. The van der Waals surface area contributed by atoms with Gasteiger partial charge in [0, 0.05) is 38.0 Å². The number of carbonyl (C=O) groups excluding carboxylic acids is 4. The molecule has 0 radical (unpaired) electrons. The van der Waals surface area contributed by atoms with E-state index in [-0.39, 0.29) is 33.5 Å². The van der Waals surface area contributed by atoms with E-state index >= 15 is 0 Å². The van der Waals surface area contributed by atoms with Crippen LogP contribution in [0.5, 0.6) is 0 Å². The fraction of sp³-hybridized carbons (Fsp3) is 0.125. The summed E-state index contributed by atoms with van der Waals surface area (Å²) in [5.74, 6) is -4.03. The van der Waals surface area contributed by atoms with Gasteiger partial charge in [0.2, 0.25) is 17.2 Å². The number of halogens is 1. The highest BCUT2D eigenvalue weighted by atomic mass is 127. The maximum atomic E-state index is 14.7. The van der Waals surface area contributed by atoms with Crippen LogP contribution < -0.4 is 0 Å². The molecule has 0 amide bonds. The molecule has 2 atom stereocenters. The fourth-order valence-electron chi connectivity index (χ4n) is 6.78. The van der Waals surface area contributed by atoms with Gasteiger partial charge in [-0.25, -0.2) is 0 Å². The molecule has 0 unspecified atom stereocenters. The Kier molecular flexibility index (Phi) is 5.51. The number of nitrogens with zero attached hydrogens (tertiary/aromatic N) is 1. The molecule has 2 aliphatic carbocycles. The lowest BCUT2D eigenvalue weighted by atomic mass is 9.60. The van der Waals surface area contributed by atoms with Crippen LogP contribution >= 0.6 is 22.6 Å². The largest absolute Gasteiger partial charge is 0.348 e. The zero-order valence-corrected chi connectivity index (χ0v) is 23.2. The first kappa shape index (κ1) is 25.6. The Labute approximate surface area is 246 Å². The monoisotopic (exact) mass is 655 g/mol. The quantitative estimate of drug-likeness (QED) is 0.116. The van der Waals surface area contributed by atoms with Gasteiger partial charge in [-0.15, -0.1) is 0 Å². The van der Waals surface area contributed by atoms with Crippen molar-refractivity contribution in [3.8, 4) is 0 Å². The molecular formula is C32H18INO7. The van der Waals surface area contributed by atoms with Crippen molar-refractivity contribution in [3.05, 3.63) is 144 Å². The summed E-state index contributed by atoms with van der Waals surface area (Å²) in [6, 6.07) is 25.0. The number of non-ortho nitro benzene ring substituents is 1. The van der Waals surface area contributed by atoms with Crippen molar-refractivity contribution >= 4 is 51.4 Å². The van der Waals surface area contributed by atoms with Gasteiger partial charge in [0.25, 0.3) is 5.69 Å². The van der Waals surface area contributed by atoms with Gasteiger partial charge >= 0.3 is 0 Å². The minimum atomic E-state index is -2.31. The Bertz CT molecular complexity index is 1790. The minimum Gasteiger partial charge on any atom is -0.348 e. The molecule has 1 aliphatic heterocycles. The molecule has 200 valence electrons. The van der Waals surface area contributed by atoms with Crippen LogP contribution in [0.1, 0.15) is 64.6 Å². The maximum Gasteiger partial charge on any atom is 0.269 e. The van der Waals surface area contributed by atoms with Gasteiger partial charge in [0.05, 0.1) is 10.8 Å². The van der Waals surface area contributed by atoms with Crippen LogP contribution in [0.25, 0.3) is 0 Å². The summed E-state index contributed by atoms with van der Waals surface area (Å²) in [6.07, 6.45) is -1.33. The normalized spacial score (nSPS) is 21.5. The number of fused-ring (bicyclic) bond motifs is 2. The van der Waals surface area contributed by atoms with Gasteiger partial charge in [-0.1, -0.05) is 72.8 Å². The summed E-state index contributed by atoms with van der Waals surface area (Å²) in [4.78, 5) is 69.3. The highest BCUT2D eigenvalue weighted by molar-refractivity contribution is 14.1. The van der Waals surface area contributed by atoms with Crippen molar-refractivity contribution in [1.82, 2.24) is 0 Å². The van der Waals surface area contributed by atoms with E-state index < -0.39 is 51.1 Å². The molecule has 0 N–H and O–H groups in total. The van der Waals surface area contributed by atoms with Crippen molar-refractivity contribution in [2.45, 2.75) is 17.6 Å². The van der Waals surface area contributed by atoms with Crippen LogP contribution in [-0.4, -0.2) is 33.7 Å². The number of carbonyl (C=O) groups is 4. The van der Waals surface area contributed by atoms with E-state index in [1.165, 1.54) is 48.5 Å². The second-order valence-electron chi connectivity index (χ2n) is 10.3. The Morgan fingerprint density at radius 2 is 1.17 bits per heavy atom. The van der Waals surface area contributed by atoms with E-state index in [0.29, 0.717) is 5.56 Å². The van der Waals surface area contributed by atoms with E-state index in [1.807, 2.05) is 0 Å². The molecule has 7 rings (SSSR count). The summed E-state index contributed by atoms with van der Waals surface area (Å²) in [5, 5.41) is 11.8. The lowest BCUT2D eigenvalue weighted by Gasteiger charge is -2.34. The summed E-state index contributed by atoms with van der Waals surface area (Å²) < 4.78 is 7.49. The van der Waals surface area contributed by atoms with Crippen molar-refractivity contribution in [2.24, 2.45) is 5.41 Å². The Balaban J connectivity index is 1.60. The molecule has 9 heteroatoms. The average Bonchev–Trinajstić information content (AvgIpc) is 3.51. The number of nitro benzene ring substituents is 1. The zero-order valence-electron chi connectivity index (χ0n) is 21.1. The smallest absolute Gasteiger partial charge is 0.269 e. The SMILES string of the molecule is O=C1c2ccccc2C(=O)C12O[C@H](c1ccc(I)cc1)C1(C(=O)c3ccccc3C1=O)[C@@H]2c1cccc([N+](=O)[O-])c1. The number of ketones is 4. The molecule has 1 heterocycles. The van der Waals surface area contributed by atoms with E-state index in [2.05, 4.69) is 22.6 Å². The first-order valence-corrected chi connectivity index (χ1v) is 13.9. The third-order valence-electron chi connectivity index (χ3n) is 8.43. The van der Waals surface area contributed by atoms with Crippen LogP contribution in [0.4, 0.5) is 5.69 Å². The number of nitro groups is 1. The molecule has 4 aromatic rings. The third-order valence-corrected chi connectivity index (χ3v) is 9.14. The van der Waals surface area contributed by atoms with Crippen LogP contribution in [0, 0.1) is 19.1 Å². The molecule has 8 nitrogen and oxygen atoms in total. The van der Waals surface area contributed by atoms with Crippen molar-refractivity contribution in [3.63, 3.8) is 0 Å². The lowest BCUT2D eigenvalue weighted by molar-refractivity contribution is -0.384. The number of rotatable bonds is 3. The highest BCUT2D eigenvalue weighted by Crippen LogP contribution is 2.68. The van der Waals surface area contributed by atoms with Gasteiger partial charge in [0.1, 0.15) is 11.5 Å². The summed E-state index contributed by atoms with van der Waals surface area (Å²) in [6.45, 7) is 0. The van der Waals surface area contributed by atoms with Crippen LogP contribution in [0.2, 0.25) is 0 Å². The fourth-order valence-corrected chi connectivity index (χ4v) is 7.14. The lowest BCUT2D eigenvalue weighted by Crippen LogP contribution is -2.51. The standard InChI is InChI=1S/C32H18INO7/c33-19-14-12-17(13-15-19)30-31(26(35)21-8-1-2-9-22(21)27(31)36)25(18-6-5-7-20(16-18)34(39)40)32(41-30)28(37)23-10-3-4-11-24(23)29(32)38/h1-16,25,30H/t25-,30+/m0/s1. The Morgan fingerprint density at radius 1 is 0.659 bits per heavy atom. The second kappa shape index (κ2) is 8.82. The van der Waals surface area contributed by atoms with Crippen LogP contribution in [0.15, 0.2) is 97.1 Å². The van der Waals surface area contributed by atoms with Crippen molar-refractivity contribution in [1.29, 1.82) is 0 Å². The molecular weight excluding hydrogens is 637 g/mol. The molecule has 3 aliphatic rings. The predicted octanol–water partition coefficient (Wildman–Crippen LogP) is 5.94. The summed E-state index contributed by atoms with van der Waals surface area (Å²) in [7, 11) is 0. The molecule has 0 bridgehead atoms. The maximum absolute atomic E-state index is 14.7. The van der Waals surface area contributed by atoms with Crippen molar-refractivity contribution in [2.75, 3.05) is 0 Å².